The quantitative estimate of drug-likeness (QED) is 0.180. The molecule has 0 saturated carbocycles. The predicted molar refractivity (Wildman–Crippen MR) is 187 cm³/mol. The van der Waals surface area contributed by atoms with Crippen LogP contribution in [0.3, 0.4) is 0 Å². The number of ether oxygens (including phenoxy) is 1. The summed E-state index contributed by atoms with van der Waals surface area (Å²) >= 11 is 0. The van der Waals surface area contributed by atoms with Gasteiger partial charge in [-0.3, -0.25) is 0 Å². The zero-order valence-corrected chi connectivity index (χ0v) is 30.4. The van der Waals surface area contributed by atoms with Crippen LogP contribution in [-0.4, -0.2) is 10.2 Å². The first-order chi connectivity index (χ1) is 21.7. The number of rotatable bonds is 3. The first-order valence-electron chi connectivity index (χ1n) is 15.7. The van der Waals surface area contributed by atoms with Crippen molar-refractivity contribution in [2.45, 2.75) is 74.1 Å². The van der Waals surface area contributed by atoms with Crippen molar-refractivity contribution in [3.05, 3.63) is 158 Å². The van der Waals surface area contributed by atoms with E-state index in [2.05, 4.69) is 31.4 Å². The van der Waals surface area contributed by atoms with Crippen molar-refractivity contribution in [1.29, 1.82) is 0 Å². The topological polar surface area (TPSA) is 72.8 Å². The molecular weight excluding hydrogens is 657 g/mol. The molecule has 5 aromatic rings. The maximum atomic E-state index is 13.7. The normalized spacial score (nSPS) is 11.7. The van der Waals surface area contributed by atoms with Crippen LogP contribution in [0.1, 0.15) is 93.6 Å². The monoisotopic (exact) mass is 703 g/mol. The first-order valence-corrected chi connectivity index (χ1v) is 15.7. The average Bonchev–Trinajstić information content (AvgIpc) is 3.01. The van der Waals surface area contributed by atoms with Crippen molar-refractivity contribution in [3.63, 3.8) is 0 Å². The third kappa shape index (κ3) is 8.47. The van der Waals surface area contributed by atoms with Gasteiger partial charge >= 0.3 is 0 Å². The molecule has 0 aliphatic heterocycles. The molecule has 47 heavy (non-hydrogen) atoms. The second-order valence-electron chi connectivity index (χ2n) is 12.0. The molecule has 0 unspecified atom stereocenters. The van der Waals surface area contributed by atoms with Gasteiger partial charge in [0.15, 0.2) is 0 Å². The number of aryl methyl sites for hydroxylation is 3. The Hall–Kier alpha value is -3.60. The first kappa shape index (κ1) is 37.9. The van der Waals surface area contributed by atoms with E-state index in [0.717, 1.165) is 50.9 Å². The van der Waals surface area contributed by atoms with Gasteiger partial charge in [-0.25, -0.2) is 0 Å². The molecule has 0 heterocycles. The van der Waals surface area contributed by atoms with E-state index in [1.807, 2.05) is 89.2 Å². The fraction of sp³-hybridized carbons (Fsp3) is 0.262. The average molecular weight is 704 g/mol. The molecule has 0 amide bonds. The maximum absolute atomic E-state index is 13.7. The Labute approximate surface area is 306 Å². The van der Waals surface area contributed by atoms with Crippen LogP contribution in [0.15, 0.2) is 78.9 Å². The number of aromatic hydroxyl groups is 2. The van der Waals surface area contributed by atoms with Gasteiger partial charge in [-0.2, -0.15) is 7.11 Å². The predicted octanol–water partition coefficient (Wildman–Crippen LogP) is 9.19. The minimum Gasteiger partial charge on any atom is -0.872 e. The minimum absolute atomic E-state index is 0. The van der Waals surface area contributed by atoms with Crippen LogP contribution in [0.5, 0.6) is 23.0 Å². The van der Waals surface area contributed by atoms with Crippen LogP contribution < -0.4 is 9.84 Å². The van der Waals surface area contributed by atoms with Gasteiger partial charge in [0.05, 0.1) is 5.75 Å². The van der Waals surface area contributed by atoms with E-state index in [4.69, 9.17) is 4.74 Å². The molecule has 8 bridgehead atoms. The summed E-state index contributed by atoms with van der Waals surface area (Å²) in [6.45, 7) is 10.0. The Bertz CT molecular complexity index is 1740. The summed E-state index contributed by atoms with van der Waals surface area (Å²) in [5, 5.41) is 36.8. The third-order valence-corrected chi connectivity index (χ3v) is 8.43. The second-order valence-corrected chi connectivity index (χ2v) is 12.0. The molecule has 0 fully saturated rings. The summed E-state index contributed by atoms with van der Waals surface area (Å²) in [5.41, 5.74) is 11.4. The van der Waals surface area contributed by atoms with Crippen LogP contribution in [0, 0.1) is 27.9 Å². The van der Waals surface area contributed by atoms with E-state index >= 15 is 0 Å². The smallest absolute Gasteiger partial charge is 0.122 e. The second kappa shape index (κ2) is 16.5. The van der Waals surface area contributed by atoms with Crippen molar-refractivity contribution in [1.82, 2.24) is 0 Å². The number of benzene rings is 5. The van der Waals surface area contributed by atoms with Crippen LogP contribution in [0.25, 0.3) is 0 Å². The molecule has 1 radical (unpaired) electrons. The van der Waals surface area contributed by atoms with Crippen molar-refractivity contribution in [3.8, 4) is 23.0 Å². The molecule has 0 atom stereocenters. The fourth-order valence-electron chi connectivity index (χ4n) is 6.63. The number of hydrogen-bond acceptors (Lipinski definition) is 4. The van der Waals surface area contributed by atoms with E-state index in [9.17, 15) is 15.3 Å². The molecule has 4 nitrogen and oxygen atoms in total. The number of hydrogen-bond donors (Lipinski definition) is 2. The standard InChI is InChI=1S/C39H37O4.C2H6.CH4.Y/c1-23-10-28-19-30-12-24(2)14-32(37(30)41)21-34-17-27(16-26-8-6-5-7-9-26)18-35(39(34)43-4)22-33-15-25(3)13-31(38(33)42)20-29(11-23)36(28)40;1-2;;/h5-15,17-18,40-42H,4,16,19-22H2,1-3H3;1-2H3;1H4;/q-1;;;/p-1. The van der Waals surface area contributed by atoms with Gasteiger partial charge in [0.1, 0.15) is 11.5 Å². The van der Waals surface area contributed by atoms with Crippen molar-refractivity contribution in [2.24, 2.45) is 0 Å². The Balaban J connectivity index is 0.00000147. The Morgan fingerprint density at radius 2 is 0.957 bits per heavy atom. The summed E-state index contributed by atoms with van der Waals surface area (Å²) < 4.78 is 5.82. The summed E-state index contributed by atoms with van der Waals surface area (Å²) in [4.78, 5) is 0. The summed E-state index contributed by atoms with van der Waals surface area (Å²) in [6, 6.07) is 26.3. The van der Waals surface area contributed by atoms with Gasteiger partial charge in [0.2, 0.25) is 0 Å². The van der Waals surface area contributed by atoms with Crippen molar-refractivity contribution < 1.29 is 52.8 Å². The Morgan fingerprint density at radius 3 is 1.34 bits per heavy atom. The minimum atomic E-state index is -0.0499. The third-order valence-electron chi connectivity index (χ3n) is 8.43. The molecule has 6 rings (SSSR count). The van der Waals surface area contributed by atoms with Crippen LogP contribution >= 0.6 is 0 Å². The molecule has 0 saturated heterocycles. The Morgan fingerprint density at radius 1 is 0.596 bits per heavy atom. The zero-order valence-electron chi connectivity index (χ0n) is 27.5. The number of phenolic OH excluding ortho intramolecular Hbond substituents is 2. The van der Waals surface area contributed by atoms with E-state index < -0.39 is 0 Å². The van der Waals surface area contributed by atoms with E-state index in [-0.39, 0.29) is 57.4 Å². The van der Waals surface area contributed by atoms with Crippen LogP contribution in [0.4, 0.5) is 0 Å². The van der Waals surface area contributed by atoms with Gasteiger partial charge in [-0.05, 0) is 71.7 Å². The van der Waals surface area contributed by atoms with Crippen molar-refractivity contribution in [2.75, 3.05) is 0 Å². The number of phenols is 2. The molecule has 1 aliphatic rings. The van der Waals surface area contributed by atoms with Crippen LogP contribution in [0.2, 0.25) is 0 Å². The van der Waals surface area contributed by atoms with E-state index in [1.165, 1.54) is 5.56 Å². The molecule has 2 N–H and O–H groups in total. The maximum Gasteiger partial charge on any atom is 0.122 e. The molecule has 0 aromatic heterocycles. The van der Waals surface area contributed by atoms with Gasteiger partial charge in [-0.15, -0.1) is 5.75 Å². The van der Waals surface area contributed by atoms with Crippen LogP contribution in [-0.2, 0) is 64.8 Å². The zero-order chi connectivity index (χ0) is 32.2. The Kier molecular flexibility index (Phi) is 13.3. The van der Waals surface area contributed by atoms with Crippen molar-refractivity contribution >= 4 is 0 Å². The molecule has 1 aliphatic carbocycles. The molecular formula is C42H46O4Y-2. The van der Waals surface area contributed by atoms with Gasteiger partial charge in [0, 0.05) is 58.4 Å². The molecule has 0 spiro atoms. The van der Waals surface area contributed by atoms with E-state index in [0.29, 0.717) is 53.7 Å². The fourth-order valence-corrected chi connectivity index (χ4v) is 6.63. The largest absolute Gasteiger partial charge is 0.872 e. The van der Waals surface area contributed by atoms with Gasteiger partial charge in [0.25, 0.3) is 0 Å². The van der Waals surface area contributed by atoms with E-state index in [1.54, 1.807) is 0 Å². The summed E-state index contributed by atoms with van der Waals surface area (Å²) in [5.74, 6) is 0.995. The molecule has 243 valence electrons. The number of fused-ring (bicyclic) bond motifs is 8. The van der Waals surface area contributed by atoms with Gasteiger partial charge in [-0.1, -0.05) is 128 Å². The van der Waals surface area contributed by atoms with Gasteiger partial charge < -0.3 is 20.1 Å². The molecule has 5 heteroatoms. The molecule has 5 aromatic carbocycles. The summed E-state index contributed by atoms with van der Waals surface area (Å²) in [6.07, 6.45) is 2.22. The SMILES string of the molecule is C.CC.[CH2-]Oc1c2cc(Cc3ccccc3)cc1Cc1cc(C)cc(c1O)Cc1cc(C)cc(c1[O-])Cc1cc(C)cc(c1O)C2.[Y]. The summed E-state index contributed by atoms with van der Waals surface area (Å²) in [7, 11) is 3.82.